The quantitative estimate of drug-likeness (QED) is 0.783. The highest BCUT2D eigenvalue weighted by molar-refractivity contribution is 9.10. The summed E-state index contributed by atoms with van der Waals surface area (Å²) in [5, 5.41) is 16.6. The summed E-state index contributed by atoms with van der Waals surface area (Å²) in [5.74, 6) is -0.763. The lowest BCUT2D eigenvalue weighted by molar-refractivity contribution is 0.565. The van der Waals surface area contributed by atoms with E-state index >= 15 is 0 Å². The van der Waals surface area contributed by atoms with E-state index in [-0.39, 0.29) is 5.56 Å². The van der Waals surface area contributed by atoms with Crippen LogP contribution in [-0.2, 0) is 6.54 Å². The molecule has 0 spiro atoms. The van der Waals surface area contributed by atoms with Gasteiger partial charge in [0.15, 0.2) is 0 Å². The van der Waals surface area contributed by atoms with Gasteiger partial charge >= 0.3 is 0 Å². The van der Waals surface area contributed by atoms with E-state index in [1.807, 2.05) is 0 Å². The van der Waals surface area contributed by atoms with Crippen LogP contribution in [0.1, 0.15) is 11.1 Å². The van der Waals surface area contributed by atoms with Crippen molar-refractivity contribution in [3.63, 3.8) is 0 Å². The van der Waals surface area contributed by atoms with Crippen LogP contribution in [0.5, 0.6) is 0 Å². The average molecular weight is 282 g/mol. The monoisotopic (exact) mass is 281 g/mol. The van der Waals surface area contributed by atoms with Crippen molar-refractivity contribution >= 4 is 15.9 Å². The van der Waals surface area contributed by atoms with E-state index < -0.39 is 5.95 Å². The number of rotatable bonds is 2. The molecule has 0 saturated carbocycles. The van der Waals surface area contributed by atoms with Crippen LogP contribution >= 0.6 is 15.9 Å². The SMILES string of the molecule is N#Cc1cc(Cn2ncc(Br)n2)cnc1F. The highest BCUT2D eigenvalue weighted by Gasteiger charge is 2.05. The topological polar surface area (TPSA) is 67.4 Å². The molecule has 0 aromatic carbocycles. The first-order valence-electron chi connectivity index (χ1n) is 4.29. The van der Waals surface area contributed by atoms with E-state index in [1.54, 1.807) is 12.3 Å². The summed E-state index contributed by atoms with van der Waals surface area (Å²) in [6.45, 7) is 0.341. The van der Waals surface area contributed by atoms with Gasteiger partial charge in [-0.2, -0.15) is 19.5 Å². The first-order valence-corrected chi connectivity index (χ1v) is 5.08. The molecule has 0 aliphatic rings. The molecule has 0 radical (unpaired) electrons. The number of hydrogen-bond donors (Lipinski definition) is 0. The molecule has 2 aromatic rings. The molecule has 0 N–H and O–H groups in total. The first kappa shape index (κ1) is 10.7. The molecular formula is C9H5BrFN5. The van der Waals surface area contributed by atoms with Gasteiger partial charge in [-0.1, -0.05) is 0 Å². The summed E-state index contributed by atoms with van der Waals surface area (Å²) in [7, 11) is 0. The summed E-state index contributed by atoms with van der Waals surface area (Å²) >= 11 is 3.16. The lowest BCUT2D eigenvalue weighted by atomic mass is 10.2. The average Bonchev–Trinajstić information content (AvgIpc) is 2.67. The molecular weight excluding hydrogens is 277 g/mol. The smallest absolute Gasteiger partial charge is 0.227 e. The van der Waals surface area contributed by atoms with E-state index in [0.717, 1.165) is 0 Å². The van der Waals surface area contributed by atoms with Crippen LogP contribution in [0.4, 0.5) is 4.39 Å². The predicted molar refractivity (Wildman–Crippen MR) is 55.7 cm³/mol. The van der Waals surface area contributed by atoms with E-state index in [9.17, 15) is 4.39 Å². The van der Waals surface area contributed by atoms with Gasteiger partial charge < -0.3 is 0 Å². The Labute approximate surface area is 98.7 Å². The van der Waals surface area contributed by atoms with Gasteiger partial charge in [-0.3, -0.25) is 0 Å². The van der Waals surface area contributed by atoms with Crippen molar-refractivity contribution in [1.82, 2.24) is 20.0 Å². The molecule has 2 aromatic heterocycles. The number of aromatic nitrogens is 4. The second-order valence-electron chi connectivity index (χ2n) is 2.99. The summed E-state index contributed by atoms with van der Waals surface area (Å²) in [4.78, 5) is 4.90. The van der Waals surface area contributed by atoms with Crippen LogP contribution in [-0.4, -0.2) is 20.0 Å². The van der Waals surface area contributed by atoms with Gasteiger partial charge in [0.05, 0.1) is 12.7 Å². The van der Waals surface area contributed by atoms with Gasteiger partial charge in [-0.05, 0) is 27.6 Å². The van der Waals surface area contributed by atoms with E-state index in [1.165, 1.54) is 17.1 Å². The zero-order valence-electron chi connectivity index (χ0n) is 7.93. The fraction of sp³-hybridized carbons (Fsp3) is 0.111. The Bertz CT molecular complexity index is 559. The molecule has 0 saturated heterocycles. The standard InChI is InChI=1S/C9H5BrFN5/c10-8-4-14-16(15-8)5-6-1-7(2-12)9(11)13-3-6/h1,3-4H,5H2. The number of nitrogens with zero attached hydrogens (tertiary/aromatic N) is 5. The molecule has 16 heavy (non-hydrogen) atoms. The van der Waals surface area contributed by atoms with Crippen molar-refractivity contribution in [2.75, 3.05) is 0 Å². The first-order chi connectivity index (χ1) is 7.69. The van der Waals surface area contributed by atoms with Crippen molar-refractivity contribution < 1.29 is 4.39 Å². The Kier molecular flexibility index (Phi) is 2.92. The van der Waals surface area contributed by atoms with Crippen molar-refractivity contribution in [3.05, 3.63) is 40.1 Å². The molecule has 80 valence electrons. The Hall–Kier alpha value is -1.81. The van der Waals surface area contributed by atoms with E-state index in [0.29, 0.717) is 16.7 Å². The Balaban J connectivity index is 2.26. The Morgan fingerprint density at radius 3 is 2.94 bits per heavy atom. The minimum Gasteiger partial charge on any atom is -0.227 e. The normalized spacial score (nSPS) is 10.1. The minimum atomic E-state index is -0.763. The zero-order valence-corrected chi connectivity index (χ0v) is 9.52. The summed E-state index contributed by atoms with van der Waals surface area (Å²) in [5.41, 5.74) is 0.588. The third-order valence-electron chi connectivity index (χ3n) is 1.85. The van der Waals surface area contributed by atoms with E-state index in [2.05, 4.69) is 31.1 Å². The number of pyridine rings is 1. The molecule has 0 unspecified atom stereocenters. The summed E-state index contributed by atoms with van der Waals surface area (Å²) in [6, 6.07) is 3.16. The largest absolute Gasteiger partial charge is 0.230 e. The van der Waals surface area contributed by atoms with Gasteiger partial charge in [0, 0.05) is 6.20 Å². The van der Waals surface area contributed by atoms with E-state index in [4.69, 9.17) is 5.26 Å². The Morgan fingerprint density at radius 2 is 2.31 bits per heavy atom. The molecule has 0 atom stereocenters. The van der Waals surface area contributed by atoms with Crippen LogP contribution in [0.3, 0.4) is 0 Å². The fourth-order valence-corrected chi connectivity index (χ4v) is 1.45. The van der Waals surface area contributed by atoms with Gasteiger partial charge in [0.25, 0.3) is 0 Å². The molecule has 7 heteroatoms. The molecule has 0 aliphatic carbocycles. The highest BCUT2D eigenvalue weighted by atomic mass is 79.9. The van der Waals surface area contributed by atoms with Crippen LogP contribution in [0.25, 0.3) is 0 Å². The molecule has 0 amide bonds. The second kappa shape index (κ2) is 4.37. The van der Waals surface area contributed by atoms with Gasteiger partial charge in [-0.15, -0.1) is 5.10 Å². The third kappa shape index (κ3) is 2.23. The third-order valence-corrected chi connectivity index (χ3v) is 2.21. The van der Waals surface area contributed by atoms with Gasteiger partial charge in [0.1, 0.15) is 16.2 Å². The second-order valence-corrected chi connectivity index (χ2v) is 3.80. The van der Waals surface area contributed by atoms with Crippen molar-refractivity contribution in [2.45, 2.75) is 6.54 Å². The Morgan fingerprint density at radius 1 is 1.50 bits per heavy atom. The molecule has 0 fully saturated rings. The lowest BCUT2D eigenvalue weighted by Gasteiger charge is -2.00. The maximum absolute atomic E-state index is 12.9. The van der Waals surface area contributed by atoms with Crippen LogP contribution in [0, 0.1) is 17.3 Å². The van der Waals surface area contributed by atoms with Crippen molar-refractivity contribution in [2.24, 2.45) is 0 Å². The molecule has 0 bridgehead atoms. The summed E-state index contributed by atoms with van der Waals surface area (Å²) < 4.78 is 13.5. The molecule has 0 aliphatic heterocycles. The van der Waals surface area contributed by atoms with Crippen LogP contribution in [0.15, 0.2) is 23.1 Å². The lowest BCUT2D eigenvalue weighted by Crippen LogP contribution is -2.05. The number of hydrogen-bond acceptors (Lipinski definition) is 4. The molecule has 5 nitrogen and oxygen atoms in total. The van der Waals surface area contributed by atoms with Crippen molar-refractivity contribution in [3.8, 4) is 6.07 Å². The number of halogens is 2. The van der Waals surface area contributed by atoms with Crippen LogP contribution in [0.2, 0.25) is 0 Å². The fourth-order valence-electron chi connectivity index (χ4n) is 1.17. The minimum absolute atomic E-state index is 0.0799. The van der Waals surface area contributed by atoms with Gasteiger partial charge in [0.2, 0.25) is 5.95 Å². The highest BCUT2D eigenvalue weighted by Crippen LogP contribution is 2.08. The zero-order chi connectivity index (χ0) is 11.5. The molecule has 2 heterocycles. The van der Waals surface area contributed by atoms with Gasteiger partial charge in [-0.25, -0.2) is 4.98 Å². The number of nitriles is 1. The summed E-state index contributed by atoms with van der Waals surface area (Å²) in [6.07, 6.45) is 2.90. The predicted octanol–water partition coefficient (Wildman–Crippen LogP) is 1.49. The maximum Gasteiger partial charge on any atom is 0.230 e. The van der Waals surface area contributed by atoms with Crippen LogP contribution < -0.4 is 0 Å². The molecule has 2 rings (SSSR count). The van der Waals surface area contributed by atoms with Crippen molar-refractivity contribution in [1.29, 1.82) is 5.26 Å². The maximum atomic E-state index is 12.9.